The van der Waals surface area contributed by atoms with E-state index in [4.69, 9.17) is 37.0 Å². The van der Waals surface area contributed by atoms with Crippen molar-refractivity contribution in [1.82, 2.24) is 0 Å². The zero-order valence-electron chi connectivity index (χ0n) is 60.2. The molecular weight excluding hydrogens is 1210 g/mol. The average molecular weight is 1350 g/mol. The minimum atomic E-state index is -4.96. The van der Waals surface area contributed by atoms with Gasteiger partial charge < -0.3 is 33.8 Å². The molecule has 0 heterocycles. The maximum Gasteiger partial charge on any atom is 0.472 e. The minimum absolute atomic E-state index is 0.104. The molecule has 0 bridgehead atoms. The van der Waals surface area contributed by atoms with Crippen LogP contribution in [0.2, 0.25) is 0 Å². The predicted octanol–water partition coefficient (Wildman–Crippen LogP) is 20.9. The SMILES string of the molecule is CCC(C)CCCCCCCCCCCCCCCCC(=O)OC[C@H](COP(=O)(O)OC[C@@H](O)COP(=O)(O)OC[C@@H](COC(=O)CCCCCCCCC(C)CC)OC(=O)CCCCCCCCCCC(C)CC)OC(=O)CCCCCCCCCCC(C)CC. The smallest absolute Gasteiger partial charge is 0.462 e. The Morgan fingerprint density at radius 1 is 0.293 bits per heavy atom. The lowest BCUT2D eigenvalue weighted by molar-refractivity contribution is -0.161. The summed E-state index contributed by atoms with van der Waals surface area (Å²) >= 11 is 0. The Morgan fingerprint density at radius 2 is 0.489 bits per heavy atom. The second-order valence-corrected chi connectivity index (χ2v) is 30.2. The Kier molecular flexibility index (Phi) is 61.3. The van der Waals surface area contributed by atoms with Gasteiger partial charge in [-0.1, -0.05) is 312 Å². The molecule has 19 heteroatoms. The van der Waals surface area contributed by atoms with Crippen molar-refractivity contribution in [2.45, 2.75) is 382 Å². The van der Waals surface area contributed by atoms with E-state index < -0.39 is 97.5 Å². The summed E-state index contributed by atoms with van der Waals surface area (Å²) in [4.78, 5) is 72.7. The summed E-state index contributed by atoms with van der Waals surface area (Å²) in [6.07, 6.45) is 45.7. The topological polar surface area (TPSA) is 237 Å². The second-order valence-electron chi connectivity index (χ2n) is 27.3. The Labute approximate surface area is 562 Å². The molecule has 3 N–H and O–H groups in total. The lowest BCUT2D eigenvalue weighted by Gasteiger charge is -2.21. The Hall–Kier alpha value is -1.94. The Balaban J connectivity index is 5.24. The molecule has 0 amide bonds. The van der Waals surface area contributed by atoms with E-state index in [1.165, 1.54) is 161 Å². The number of esters is 4. The highest BCUT2D eigenvalue weighted by molar-refractivity contribution is 7.47. The number of ether oxygens (including phenoxy) is 4. The predicted molar refractivity (Wildman–Crippen MR) is 372 cm³/mol. The van der Waals surface area contributed by atoms with E-state index >= 15 is 0 Å². The quantitative estimate of drug-likeness (QED) is 0.0222. The van der Waals surface area contributed by atoms with Crippen LogP contribution in [0.5, 0.6) is 0 Å². The van der Waals surface area contributed by atoms with Crippen molar-refractivity contribution < 1.29 is 80.2 Å². The van der Waals surface area contributed by atoms with Crippen LogP contribution in [0.25, 0.3) is 0 Å². The van der Waals surface area contributed by atoms with Crippen LogP contribution >= 0.6 is 15.6 Å². The zero-order valence-corrected chi connectivity index (χ0v) is 62.0. The number of rotatable bonds is 70. The molecule has 0 rings (SSSR count). The van der Waals surface area contributed by atoms with Gasteiger partial charge in [0, 0.05) is 25.7 Å². The Morgan fingerprint density at radius 3 is 0.717 bits per heavy atom. The van der Waals surface area contributed by atoms with E-state index in [1.807, 2.05) is 0 Å². The van der Waals surface area contributed by atoms with E-state index in [1.54, 1.807) is 0 Å². The molecule has 0 aliphatic carbocycles. The van der Waals surface area contributed by atoms with Crippen LogP contribution in [-0.4, -0.2) is 96.7 Å². The van der Waals surface area contributed by atoms with Crippen LogP contribution in [0.3, 0.4) is 0 Å². The van der Waals surface area contributed by atoms with Crippen molar-refractivity contribution >= 4 is 39.5 Å². The van der Waals surface area contributed by atoms with Crippen LogP contribution in [0.4, 0.5) is 0 Å². The number of phosphoric ester groups is 2. The van der Waals surface area contributed by atoms with Crippen LogP contribution in [0.1, 0.15) is 364 Å². The van der Waals surface area contributed by atoms with E-state index in [2.05, 4.69) is 55.4 Å². The molecular formula is C73H142O17P2. The fourth-order valence-electron chi connectivity index (χ4n) is 10.9. The van der Waals surface area contributed by atoms with Crippen LogP contribution < -0.4 is 0 Å². The molecule has 9 atom stereocenters. The van der Waals surface area contributed by atoms with Crippen molar-refractivity contribution in [3.8, 4) is 0 Å². The van der Waals surface area contributed by atoms with Gasteiger partial charge in [0.25, 0.3) is 0 Å². The molecule has 0 fully saturated rings. The van der Waals surface area contributed by atoms with Gasteiger partial charge in [0.1, 0.15) is 19.3 Å². The van der Waals surface area contributed by atoms with Gasteiger partial charge in [-0.25, -0.2) is 9.13 Å². The first kappa shape index (κ1) is 90.1. The second kappa shape index (κ2) is 62.6. The number of aliphatic hydroxyl groups excluding tert-OH is 1. The zero-order chi connectivity index (χ0) is 68.2. The summed E-state index contributed by atoms with van der Waals surface area (Å²) in [7, 11) is -9.91. The molecule has 6 unspecified atom stereocenters. The van der Waals surface area contributed by atoms with E-state index in [0.717, 1.165) is 120 Å². The number of carbonyl (C=O) groups is 4. The third-order valence-electron chi connectivity index (χ3n) is 18.3. The van der Waals surface area contributed by atoms with Gasteiger partial charge >= 0.3 is 39.5 Å². The molecule has 0 aromatic carbocycles. The minimum Gasteiger partial charge on any atom is -0.462 e. The number of unbranched alkanes of at least 4 members (excludes halogenated alkanes) is 32. The number of hydrogen-bond acceptors (Lipinski definition) is 15. The van der Waals surface area contributed by atoms with Crippen molar-refractivity contribution in [3.63, 3.8) is 0 Å². The highest BCUT2D eigenvalue weighted by Gasteiger charge is 2.30. The molecule has 0 aliphatic heterocycles. The summed E-state index contributed by atoms with van der Waals surface area (Å²) in [5.74, 6) is 0.991. The fourth-order valence-corrected chi connectivity index (χ4v) is 12.5. The molecule has 0 radical (unpaired) electrons. The number of phosphoric acid groups is 2. The van der Waals surface area contributed by atoms with Crippen LogP contribution in [0, 0.1) is 23.7 Å². The first-order chi connectivity index (χ1) is 44.2. The van der Waals surface area contributed by atoms with Gasteiger partial charge in [-0.2, -0.15) is 0 Å². The standard InChI is InChI=1S/C73H142O17P2/c1-9-63(5)49-41-33-25-19-17-15-13-14-16-18-20-28-37-45-53-70(75)83-59-68(89-72(77)55-47-39-29-23-21-26-34-42-50-64(6)10-2)61-87-91(79,80)85-57-67(74)58-86-92(81,82)88-62-69(60-84-71(76)54-46-38-32-31-36-44-52-66(8)12-4)90-73(78)56-48-40-30-24-22-27-35-43-51-65(7)11-3/h63-69,74H,9-62H2,1-8H3,(H,79,80)(H,81,82)/t63?,64?,65?,66?,67-,68-,69-/m1/s1. The molecule has 92 heavy (non-hydrogen) atoms. The van der Waals surface area contributed by atoms with Crippen molar-refractivity contribution in [2.75, 3.05) is 39.6 Å². The number of hydrogen-bond donors (Lipinski definition) is 3. The van der Waals surface area contributed by atoms with Crippen LogP contribution in [0.15, 0.2) is 0 Å². The highest BCUT2D eigenvalue weighted by Crippen LogP contribution is 2.45. The summed E-state index contributed by atoms with van der Waals surface area (Å²) in [6.45, 7) is 14.2. The van der Waals surface area contributed by atoms with Crippen molar-refractivity contribution in [2.24, 2.45) is 23.7 Å². The summed E-state index contributed by atoms with van der Waals surface area (Å²) in [5, 5.41) is 10.6. The largest absolute Gasteiger partial charge is 0.472 e. The summed E-state index contributed by atoms with van der Waals surface area (Å²) in [5.41, 5.74) is 0. The molecule has 0 saturated heterocycles. The van der Waals surface area contributed by atoms with Gasteiger partial charge in [-0.15, -0.1) is 0 Å². The van der Waals surface area contributed by atoms with Gasteiger partial charge in [0.05, 0.1) is 26.4 Å². The molecule has 0 aromatic heterocycles. The van der Waals surface area contributed by atoms with Gasteiger partial charge in [-0.05, 0) is 49.4 Å². The molecule has 0 saturated carbocycles. The van der Waals surface area contributed by atoms with Crippen molar-refractivity contribution in [1.29, 1.82) is 0 Å². The number of aliphatic hydroxyl groups is 1. The maximum absolute atomic E-state index is 13.0. The highest BCUT2D eigenvalue weighted by atomic mass is 31.2. The monoisotopic (exact) mass is 1350 g/mol. The summed E-state index contributed by atoms with van der Waals surface area (Å²) in [6, 6.07) is 0. The van der Waals surface area contributed by atoms with E-state index in [9.17, 15) is 43.2 Å². The lowest BCUT2D eigenvalue weighted by atomic mass is 9.99. The average Bonchev–Trinajstić information content (AvgIpc) is 2.20. The summed E-state index contributed by atoms with van der Waals surface area (Å²) < 4.78 is 68.4. The fraction of sp³-hybridized carbons (Fsp3) is 0.945. The van der Waals surface area contributed by atoms with Gasteiger partial charge in [-0.3, -0.25) is 37.3 Å². The molecule has 546 valence electrons. The third kappa shape index (κ3) is 61.6. The van der Waals surface area contributed by atoms with Gasteiger partial charge in [0.2, 0.25) is 0 Å². The lowest BCUT2D eigenvalue weighted by Crippen LogP contribution is -2.30. The molecule has 0 aromatic rings. The number of carbonyl (C=O) groups excluding carboxylic acids is 4. The normalized spacial score (nSPS) is 15.4. The molecule has 0 aliphatic rings. The third-order valence-corrected chi connectivity index (χ3v) is 20.2. The van der Waals surface area contributed by atoms with Crippen molar-refractivity contribution in [3.05, 3.63) is 0 Å². The van der Waals surface area contributed by atoms with E-state index in [0.29, 0.717) is 25.7 Å². The molecule has 17 nitrogen and oxygen atoms in total. The Bertz CT molecular complexity index is 1820. The first-order valence-electron chi connectivity index (χ1n) is 37.9. The van der Waals surface area contributed by atoms with Crippen LogP contribution in [-0.2, 0) is 65.4 Å². The van der Waals surface area contributed by atoms with Gasteiger partial charge in [0.15, 0.2) is 12.2 Å². The first-order valence-corrected chi connectivity index (χ1v) is 40.8. The maximum atomic E-state index is 13.0. The molecule has 0 spiro atoms. The van der Waals surface area contributed by atoms with E-state index in [-0.39, 0.29) is 25.7 Å².